The van der Waals surface area contributed by atoms with Crippen molar-refractivity contribution < 1.29 is 0 Å². The van der Waals surface area contributed by atoms with Crippen LogP contribution in [0.25, 0.3) is 0 Å². The van der Waals surface area contributed by atoms with Gasteiger partial charge >= 0.3 is 0 Å². The van der Waals surface area contributed by atoms with Crippen molar-refractivity contribution in [3.63, 3.8) is 0 Å². The zero-order chi connectivity index (χ0) is 9.19. The van der Waals surface area contributed by atoms with Crippen molar-refractivity contribution in [1.82, 2.24) is 0 Å². The molecule has 0 aliphatic heterocycles. The van der Waals surface area contributed by atoms with Gasteiger partial charge in [0.1, 0.15) is 0 Å². The van der Waals surface area contributed by atoms with Crippen LogP contribution < -0.4 is 0 Å². The molecule has 0 spiro atoms. The van der Waals surface area contributed by atoms with Gasteiger partial charge in [0.15, 0.2) is 0 Å². The van der Waals surface area contributed by atoms with Gasteiger partial charge in [0.05, 0.1) is 0 Å². The van der Waals surface area contributed by atoms with Crippen LogP contribution in [0.3, 0.4) is 0 Å². The second-order valence-corrected chi connectivity index (χ2v) is 4.26. The van der Waals surface area contributed by atoms with E-state index in [0.29, 0.717) is 0 Å². The Hall–Kier alpha value is -0.780. The minimum atomic E-state index is 0. The van der Waals surface area contributed by atoms with Gasteiger partial charge < -0.3 is 0 Å². The van der Waals surface area contributed by atoms with Gasteiger partial charge in [-0.25, -0.2) is 0 Å². The summed E-state index contributed by atoms with van der Waals surface area (Å²) in [7, 11) is 0. The molecule has 0 fully saturated rings. The number of rotatable bonds is 1. The maximum Gasteiger partial charge on any atom is -0.0129 e. The molecule has 1 aromatic rings. The quantitative estimate of drug-likeness (QED) is 0.543. The molecule has 0 atom stereocenters. The lowest BCUT2D eigenvalue weighted by Gasteiger charge is -2.22. The summed E-state index contributed by atoms with van der Waals surface area (Å²) in [6.07, 6.45) is 1.13. The van der Waals surface area contributed by atoms with E-state index in [4.69, 9.17) is 0 Å². The number of benzene rings is 1. The van der Waals surface area contributed by atoms with Gasteiger partial charge in [0.25, 0.3) is 0 Å². The second-order valence-electron chi connectivity index (χ2n) is 4.26. The maximum atomic E-state index is 2.27. The van der Waals surface area contributed by atoms with Gasteiger partial charge in [0, 0.05) is 0 Å². The third-order valence-corrected chi connectivity index (χ3v) is 2.21. The lowest BCUT2D eigenvalue weighted by molar-refractivity contribution is 0.583. The predicted octanol–water partition coefficient (Wildman–Crippen LogP) is 6.09. The summed E-state index contributed by atoms with van der Waals surface area (Å²) in [5.74, 6) is 0. The highest BCUT2D eigenvalue weighted by molar-refractivity contribution is 5.32. The molecule has 1 aromatic carbocycles. The normalized spacial score (nSPS) is 8.75. The first-order chi connectivity index (χ1) is 5.55. The molecule has 0 bridgehead atoms. The van der Waals surface area contributed by atoms with Crippen LogP contribution in [0.1, 0.15) is 68.5 Å². The monoisotopic (exact) mass is 226 g/mol. The van der Waals surface area contributed by atoms with Gasteiger partial charge in [-0.15, -0.1) is 0 Å². The first-order valence-corrected chi connectivity index (χ1v) is 4.64. The molecule has 1 rings (SSSR count). The molecule has 0 aromatic heterocycles. The lowest BCUT2D eigenvalue weighted by Crippen LogP contribution is -2.13. The molecule has 0 radical (unpaired) electrons. The van der Waals surface area contributed by atoms with Gasteiger partial charge in [-0.3, -0.25) is 0 Å². The molecule has 0 aliphatic carbocycles. The van der Waals surface area contributed by atoms with Crippen molar-refractivity contribution in [1.29, 1.82) is 0 Å². The molecule has 0 N–H and O–H groups in total. The van der Waals surface area contributed by atoms with E-state index in [-0.39, 0.29) is 35.1 Å². The van der Waals surface area contributed by atoms with Crippen molar-refractivity contribution in [2.75, 3.05) is 0 Å². The predicted molar refractivity (Wildman–Crippen MR) is 81.4 cm³/mol. The molecule has 0 saturated carbocycles. The highest BCUT2D eigenvalue weighted by Gasteiger charge is 2.15. The summed E-state index contributed by atoms with van der Waals surface area (Å²) in [6.45, 7) is 9.01. The van der Waals surface area contributed by atoms with E-state index >= 15 is 0 Å². The zero-order valence-electron chi connectivity index (χ0n) is 8.52. The summed E-state index contributed by atoms with van der Waals surface area (Å²) in [5.41, 5.74) is 3.24. The minimum Gasteiger partial charge on any atom is -0.0776 e. The maximum absolute atomic E-state index is 2.27. The highest BCUT2D eigenvalue weighted by atomic mass is 14.2. The molecular formula is C16H34. The van der Waals surface area contributed by atoms with Crippen molar-refractivity contribution in [3.05, 3.63) is 35.4 Å². The third kappa shape index (κ3) is 5.95. The Balaban J connectivity index is -0.000000180. The average Bonchev–Trinajstić information content (AvgIpc) is 2.03. The van der Waals surface area contributed by atoms with Crippen molar-refractivity contribution in [2.45, 2.75) is 69.2 Å². The van der Waals surface area contributed by atoms with E-state index < -0.39 is 0 Å². The first kappa shape index (κ1) is 24.4. The van der Waals surface area contributed by atoms with Crippen molar-refractivity contribution in [3.8, 4) is 0 Å². The molecule has 16 heavy (non-hydrogen) atoms. The third-order valence-electron chi connectivity index (χ3n) is 2.21. The average molecular weight is 226 g/mol. The van der Waals surface area contributed by atoms with E-state index in [1.807, 2.05) is 0 Å². The van der Waals surface area contributed by atoms with E-state index in [9.17, 15) is 0 Å². The van der Waals surface area contributed by atoms with Crippen LogP contribution in [-0.2, 0) is 11.8 Å². The van der Waals surface area contributed by atoms with Crippen LogP contribution in [0.2, 0.25) is 0 Å². The second kappa shape index (κ2) is 9.45. The fourth-order valence-electron chi connectivity index (χ4n) is 1.56. The fraction of sp³-hybridized carbons (Fsp3) is 0.625. The van der Waals surface area contributed by atoms with Crippen LogP contribution in [0.4, 0.5) is 0 Å². The van der Waals surface area contributed by atoms with Crippen LogP contribution in [-0.4, -0.2) is 0 Å². The molecule has 0 saturated heterocycles. The first-order valence-electron chi connectivity index (χ1n) is 4.64. The molecule has 0 heterocycles. The Kier molecular flexibility index (Phi) is 14.4. The molecule has 0 amide bonds. The van der Waals surface area contributed by atoms with Crippen LogP contribution in [0.15, 0.2) is 24.3 Å². The lowest BCUT2D eigenvalue weighted by atomic mass is 9.83. The van der Waals surface area contributed by atoms with E-state index in [2.05, 4.69) is 52.0 Å². The summed E-state index contributed by atoms with van der Waals surface area (Å²) in [4.78, 5) is 0. The molecule has 0 unspecified atom stereocenters. The molecule has 0 heteroatoms. The van der Waals surface area contributed by atoms with Crippen molar-refractivity contribution >= 4 is 0 Å². The van der Waals surface area contributed by atoms with E-state index in [0.717, 1.165) is 6.42 Å². The van der Waals surface area contributed by atoms with E-state index in [1.54, 1.807) is 0 Å². The summed E-state index contributed by atoms with van der Waals surface area (Å²) in [6, 6.07) is 8.70. The van der Waals surface area contributed by atoms with Crippen LogP contribution in [0, 0.1) is 0 Å². The molecule has 0 aliphatic rings. The van der Waals surface area contributed by atoms with Crippen LogP contribution in [0.5, 0.6) is 0 Å². The molecule has 98 valence electrons. The topological polar surface area (TPSA) is 0 Å². The molecular weight excluding hydrogens is 192 g/mol. The van der Waals surface area contributed by atoms with Crippen LogP contribution >= 0.6 is 0 Å². The Labute approximate surface area is 105 Å². The fourth-order valence-corrected chi connectivity index (χ4v) is 1.56. The van der Waals surface area contributed by atoms with Gasteiger partial charge in [-0.2, -0.15) is 0 Å². The number of hydrogen-bond donors (Lipinski definition) is 0. The SMILES string of the molecule is C.C.C.C.CCc1ccccc1C(C)(C)C. The Morgan fingerprint density at radius 2 is 1.31 bits per heavy atom. The highest BCUT2D eigenvalue weighted by Crippen LogP contribution is 2.25. The molecule has 0 nitrogen and oxygen atoms in total. The number of aryl methyl sites for hydroxylation is 1. The van der Waals surface area contributed by atoms with Gasteiger partial charge in [0.2, 0.25) is 0 Å². The Morgan fingerprint density at radius 1 is 0.875 bits per heavy atom. The summed E-state index contributed by atoms with van der Waals surface area (Å²) < 4.78 is 0. The van der Waals surface area contributed by atoms with E-state index in [1.165, 1.54) is 11.1 Å². The summed E-state index contributed by atoms with van der Waals surface area (Å²) in [5, 5.41) is 0. The Morgan fingerprint density at radius 3 is 1.62 bits per heavy atom. The van der Waals surface area contributed by atoms with Gasteiger partial charge in [-0.05, 0) is 23.0 Å². The minimum absolute atomic E-state index is 0. The summed E-state index contributed by atoms with van der Waals surface area (Å²) >= 11 is 0. The largest absolute Gasteiger partial charge is 0.0776 e. The standard InChI is InChI=1S/C12H18.4CH4/c1-5-10-8-6-7-9-11(10)12(2,3)4;;;;/h6-9H,5H2,1-4H3;4*1H4. The zero-order valence-corrected chi connectivity index (χ0v) is 8.52. The number of hydrogen-bond acceptors (Lipinski definition) is 0. The van der Waals surface area contributed by atoms with Gasteiger partial charge in [-0.1, -0.05) is 81.7 Å². The smallest absolute Gasteiger partial charge is 0.0129 e. The Bertz CT molecular complexity index is 253. The van der Waals surface area contributed by atoms with Crippen molar-refractivity contribution in [2.24, 2.45) is 0 Å².